The number of fused-ring (bicyclic) bond motifs is 2. The molecule has 0 spiro atoms. The normalized spacial score (nSPS) is 16.2. The second-order valence-corrected chi connectivity index (χ2v) is 9.66. The van der Waals surface area contributed by atoms with Crippen LogP contribution in [0.1, 0.15) is 5.56 Å². The van der Waals surface area contributed by atoms with E-state index in [0.29, 0.717) is 22.4 Å². The van der Waals surface area contributed by atoms with Gasteiger partial charge in [-0.2, -0.15) is 18.3 Å². The Morgan fingerprint density at radius 1 is 1.10 bits per heavy atom. The number of benzene rings is 1. The lowest BCUT2D eigenvalue weighted by Gasteiger charge is -2.36. The van der Waals surface area contributed by atoms with Crippen molar-refractivity contribution in [3.63, 3.8) is 0 Å². The molecular weight excluding hydrogens is 527 g/mol. The number of hydrogen-bond donors (Lipinski definition) is 0. The van der Waals surface area contributed by atoms with Gasteiger partial charge in [-0.3, -0.25) is 28.6 Å². The van der Waals surface area contributed by atoms with Crippen LogP contribution in [0.25, 0.3) is 38.9 Å². The number of rotatable bonds is 4. The molecule has 206 valence electrons. The number of morpholine rings is 1. The number of carbonyl (C=O) groups is 1. The number of imidazole rings is 1. The van der Waals surface area contributed by atoms with Crippen LogP contribution in [0.3, 0.4) is 0 Å². The Hall–Kier alpha value is -4.52. The Balaban J connectivity index is 1.40. The second kappa shape index (κ2) is 9.59. The first-order valence-electron chi connectivity index (χ1n) is 12.5. The number of aryl methyl sites for hydroxylation is 2. The fourth-order valence-electron chi connectivity index (χ4n) is 5.20. The molecule has 5 heterocycles. The molecule has 1 aliphatic rings. The first-order chi connectivity index (χ1) is 19.1. The molecular formula is C27H24F3N7O3. The number of alkyl halides is 3. The van der Waals surface area contributed by atoms with Crippen molar-refractivity contribution in [1.82, 2.24) is 33.8 Å². The van der Waals surface area contributed by atoms with Crippen LogP contribution >= 0.6 is 0 Å². The van der Waals surface area contributed by atoms with Gasteiger partial charge in [0.15, 0.2) is 6.04 Å². The molecule has 0 N–H and O–H groups in total. The van der Waals surface area contributed by atoms with Gasteiger partial charge in [-0.15, -0.1) is 0 Å². The molecule has 5 aromatic rings. The number of ether oxygens (including phenoxy) is 1. The molecule has 1 aromatic carbocycles. The molecule has 40 heavy (non-hydrogen) atoms. The molecule has 1 fully saturated rings. The Labute approximate surface area is 225 Å². The van der Waals surface area contributed by atoms with Gasteiger partial charge >= 0.3 is 11.9 Å². The highest BCUT2D eigenvalue weighted by Crippen LogP contribution is 2.29. The molecule has 10 nitrogen and oxygen atoms in total. The highest BCUT2D eigenvalue weighted by Gasteiger charge is 2.47. The van der Waals surface area contributed by atoms with Crippen LogP contribution in [-0.2, 0) is 23.1 Å². The van der Waals surface area contributed by atoms with Gasteiger partial charge in [0.25, 0.3) is 0 Å². The third-order valence-corrected chi connectivity index (χ3v) is 7.23. The van der Waals surface area contributed by atoms with Crippen LogP contribution in [0, 0.1) is 6.92 Å². The number of nitrogens with zero attached hydrogens (tertiary/aromatic N) is 7. The van der Waals surface area contributed by atoms with E-state index in [1.54, 1.807) is 53.7 Å². The molecule has 1 saturated heterocycles. The largest absolute Gasteiger partial charge is 0.411 e. The first kappa shape index (κ1) is 25.7. The van der Waals surface area contributed by atoms with Gasteiger partial charge in [0, 0.05) is 30.7 Å². The maximum absolute atomic E-state index is 13.7. The number of carbonyl (C=O) groups excluding carboxylic acids is 1. The van der Waals surface area contributed by atoms with Crippen LogP contribution < -0.4 is 5.69 Å². The Kier molecular flexibility index (Phi) is 6.17. The van der Waals surface area contributed by atoms with Crippen molar-refractivity contribution in [1.29, 1.82) is 0 Å². The first-order valence-corrected chi connectivity index (χ1v) is 12.5. The third-order valence-electron chi connectivity index (χ3n) is 7.23. The lowest BCUT2D eigenvalue weighted by Crippen LogP contribution is -2.56. The van der Waals surface area contributed by atoms with Crippen molar-refractivity contribution in [3.8, 4) is 16.9 Å². The van der Waals surface area contributed by atoms with Crippen LogP contribution in [0.4, 0.5) is 13.2 Å². The fourth-order valence-corrected chi connectivity index (χ4v) is 5.20. The summed E-state index contributed by atoms with van der Waals surface area (Å²) < 4.78 is 50.1. The van der Waals surface area contributed by atoms with Gasteiger partial charge < -0.3 is 9.64 Å². The van der Waals surface area contributed by atoms with E-state index in [0.717, 1.165) is 26.9 Å². The summed E-state index contributed by atoms with van der Waals surface area (Å²) in [5, 5.41) is 5.16. The van der Waals surface area contributed by atoms with E-state index in [2.05, 4.69) is 15.1 Å². The molecule has 13 heteroatoms. The van der Waals surface area contributed by atoms with E-state index in [1.807, 2.05) is 20.0 Å². The summed E-state index contributed by atoms with van der Waals surface area (Å²) in [6, 6.07) is 6.67. The standard InChI is InChI=1S/C27H24F3N7O3/c1-16-4-3-5-21-25(16)37(26(39)36(21)14-24(38)35-8-9-40-15-23(35)27(28,29)30)17-6-7-20(32-10-17)18-11-31-13-22-19(18)12-33-34(22)2/h3-7,10-13,23H,8-9,14-15H2,1-2H3. The number of pyridine rings is 2. The Bertz CT molecular complexity index is 1800. The fraction of sp³-hybridized carbons (Fsp3) is 0.296. The monoisotopic (exact) mass is 551 g/mol. The van der Waals surface area contributed by atoms with E-state index in [1.165, 1.54) is 9.13 Å². The van der Waals surface area contributed by atoms with Crippen LogP contribution in [0.15, 0.2) is 59.9 Å². The second-order valence-electron chi connectivity index (χ2n) is 9.66. The minimum absolute atomic E-state index is 0.00557. The van der Waals surface area contributed by atoms with Crippen molar-refractivity contribution >= 4 is 27.8 Å². The van der Waals surface area contributed by atoms with Crippen molar-refractivity contribution in [2.24, 2.45) is 7.05 Å². The lowest BCUT2D eigenvalue weighted by molar-refractivity contribution is -0.213. The van der Waals surface area contributed by atoms with E-state index in [-0.39, 0.29) is 13.2 Å². The zero-order valence-electron chi connectivity index (χ0n) is 21.6. The van der Waals surface area contributed by atoms with Crippen LogP contribution in [0.5, 0.6) is 0 Å². The molecule has 0 aliphatic carbocycles. The minimum Gasteiger partial charge on any atom is -0.377 e. The SMILES string of the molecule is Cc1cccc2c1n(-c1ccc(-c3cncc4c3cnn4C)nc1)c(=O)n2CC(=O)N1CCOCC1C(F)(F)F. The van der Waals surface area contributed by atoms with E-state index >= 15 is 0 Å². The third kappa shape index (κ3) is 4.22. The Morgan fingerprint density at radius 2 is 1.93 bits per heavy atom. The summed E-state index contributed by atoms with van der Waals surface area (Å²) in [4.78, 5) is 36.5. The average Bonchev–Trinajstić information content (AvgIpc) is 3.46. The predicted molar refractivity (Wildman–Crippen MR) is 140 cm³/mol. The van der Waals surface area contributed by atoms with E-state index in [4.69, 9.17) is 4.74 Å². The van der Waals surface area contributed by atoms with Gasteiger partial charge in [-0.1, -0.05) is 12.1 Å². The van der Waals surface area contributed by atoms with Crippen molar-refractivity contribution < 1.29 is 22.7 Å². The highest BCUT2D eigenvalue weighted by molar-refractivity contribution is 5.92. The van der Waals surface area contributed by atoms with Gasteiger partial charge in [-0.05, 0) is 30.7 Å². The summed E-state index contributed by atoms with van der Waals surface area (Å²) in [5.41, 5.74) is 3.88. The zero-order chi connectivity index (χ0) is 28.2. The number of para-hydroxylation sites is 1. The average molecular weight is 552 g/mol. The molecule has 6 rings (SSSR count). The number of aromatic nitrogens is 6. The summed E-state index contributed by atoms with van der Waals surface area (Å²) >= 11 is 0. The van der Waals surface area contributed by atoms with Crippen molar-refractivity contribution in [2.75, 3.05) is 19.8 Å². The zero-order valence-corrected chi connectivity index (χ0v) is 21.6. The summed E-state index contributed by atoms with van der Waals surface area (Å²) in [6.07, 6.45) is 2.05. The molecule has 1 atom stereocenters. The molecule has 0 bridgehead atoms. The molecule has 0 radical (unpaired) electrons. The quantitative estimate of drug-likeness (QED) is 0.340. The number of halogens is 3. The molecule has 1 aliphatic heterocycles. The minimum atomic E-state index is -4.64. The lowest BCUT2D eigenvalue weighted by atomic mass is 10.1. The smallest absolute Gasteiger partial charge is 0.377 e. The van der Waals surface area contributed by atoms with Crippen LogP contribution in [0.2, 0.25) is 0 Å². The van der Waals surface area contributed by atoms with Gasteiger partial charge in [-0.25, -0.2) is 4.79 Å². The predicted octanol–water partition coefficient (Wildman–Crippen LogP) is 3.23. The van der Waals surface area contributed by atoms with Crippen molar-refractivity contribution in [2.45, 2.75) is 25.7 Å². The molecule has 1 unspecified atom stereocenters. The molecule has 1 amide bonds. The topological polar surface area (TPSA) is 100 Å². The van der Waals surface area contributed by atoms with Crippen LogP contribution in [-0.4, -0.2) is 71.7 Å². The summed E-state index contributed by atoms with van der Waals surface area (Å²) in [7, 11) is 1.82. The van der Waals surface area contributed by atoms with E-state index in [9.17, 15) is 22.8 Å². The number of hydrogen-bond acceptors (Lipinski definition) is 6. The molecule has 4 aromatic heterocycles. The van der Waals surface area contributed by atoms with Gasteiger partial charge in [0.2, 0.25) is 5.91 Å². The summed E-state index contributed by atoms with van der Waals surface area (Å²) in [6.45, 7) is 0.431. The summed E-state index contributed by atoms with van der Waals surface area (Å²) in [5.74, 6) is -0.807. The van der Waals surface area contributed by atoms with Crippen molar-refractivity contribution in [3.05, 3.63) is 71.2 Å². The molecule has 0 saturated carbocycles. The van der Waals surface area contributed by atoms with E-state index < -0.39 is 37.0 Å². The van der Waals surface area contributed by atoms with Gasteiger partial charge in [0.05, 0.1) is 59.7 Å². The highest BCUT2D eigenvalue weighted by atomic mass is 19.4. The maximum Gasteiger partial charge on any atom is 0.411 e. The van der Waals surface area contributed by atoms with Gasteiger partial charge in [0.1, 0.15) is 6.54 Å². The number of amides is 1. The maximum atomic E-state index is 13.7. The Morgan fingerprint density at radius 3 is 2.67 bits per heavy atom.